The average molecular weight is 365 g/mol. The zero-order valence-electron chi connectivity index (χ0n) is 13.1. The van der Waals surface area contributed by atoms with E-state index in [0.717, 1.165) is 12.8 Å². The zero-order valence-corrected chi connectivity index (χ0v) is 14.7. The Hall–Kier alpha value is -1.77. The van der Waals surface area contributed by atoms with Crippen LogP contribution in [0.3, 0.4) is 0 Å². The van der Waals surface area contributed by atoms with Gasteiger partial charge in [-0.3, -0.25) is 4.79 Å². The molecule has 24 heavy (non-hydrogen) atoms. The minimum Gasteiger partial charge on any atom is -0.302 e. The Balaban J connectivity index is 1.75. The minimum atomic E-state index is -3.58. The van der Waals surface area contributed by atoms with Gasteiger partial charge in [0.15, 0.2) is 5.13 Å². The fourth-order valence-corrected chi connectivity index (χ4v) is 5.15. The number of anilines is 1. The first-order chi connectivity index (χ1) is 11.6. The molecule has 8 heteroatoms. The van der Waals surface area contributed by atoms with Gasteiger partial charge in [-0.2, -0.15) is 4.31 Å². The Kier molecular flexibility index (Phi) is 5.27. The molecule has 0 aliphatic carbocycles. The number of amides is 1. The van der Waals surface area contributed by atoms with Crippen LogP contribution in [0.5, 0.6) is 0 Å². The monoisotopic (exact) mass is 365 g/mol. The summed E-state index contributed by atoms with van der Waals surface area (Å²) >= 11 is 1.34. The second kappa shape index (κ2) is 7.42. The molecule has 2 aromatic rings. The van der Waals surface area contributed by atoms with Gasteiger partial charge >= 0.3 is 0 Å². The third kappa shape index (κ3) is 3.82. The Morgan fingerprint density at radius 1 is 1.29 bits per heavy atom. The Labute approximate surface area is 145 Å². The van der Waals surface area contributed by atoms with Crippen LogP contribution >= 0.6 is 11.3 Å². The van der Waals surface area contributed by atoms with Crippen LogP contribution in [0.4, 0.5) is 5.13 Å². The van der Waals surface area contributed by atoms with Crippen molar-refractivity contribution in [2.45, 2.75) is 36.6 Å². The van der Waals surface area contributed by atoms with E-state index < -0.39 is 10.0 Å². The second-order valence-electron chi connectivity index (χ2n) is 5.67. The van der Waals surface area contributed by atoms with Crippen molar-refractivity contribution in [2.75, 3.05) is 11.9 Å². The molecule has 1 fully saturated rings. The van der Waals surface area contributed by atoms with Gasteiger partial charge in [0.2, 0.25) is 15.9 Å². The number of nitrogens with one attached hydrogen (secondary N) is 1. The highest BCUT2D eigenvalue weighted by molar-refractivity contribution is 7.89. The van der Waals surface area contributed by atoms with Crippen molar-refractivity contribution in [1.82, 2.24) is 9.29 Å². The molecule has 1 atom stereocenters. The second-order valence-corrected chi connectivity index (χ2v) is 8.45. The van der Waals surface area contributed by atoms with E-state index in [0.29, 0.717) is 18.1 Å². The van der Waals surface area contributed by atoms with Crippen molar-refractivity contribution in [3.8, 4) is 0 Å². The number of aromatic nitrogens is 1. The highest BCUT2D eigenvalue weighted by atomic mass is 32.2. The third-order valence-electron chi connectivity index (χ3n) is 4.02. The number of hydrogen-bond donors (Lipinski definition) is 1. The smallest absolute Gasteiger partial charge is 0.243 e. The zero-order chi connectivity index (χ0) is 17.0. The Morgan fingerprint density at radius 3 is 2.79 bits per heavy atom. The van der Waals surface area contributed by atoms with Crippen molar-refractivity contribution < 1.29 is 13.2 Å². The van der Waals surface area contributed by atoms with Gasteiger partial charge in [-0.15, -0.1) is 11.3 Å². The molecule has 1 saturated heterocycles. The molecule has 1 N–H and O–H groups in total. The molecule has 0 radical (unpaired) electrons. The molecule has 1 aliphatic heterocycles. The number of piperidine rings is 1. The molecule has 128 valence electrons. The Morgan fingerprint density at radius 2 is 2.08 bits per heavy atom. The van der Waals surface area contributed by atoms with Gasteiger partial charge in [0, 0.05) is 30.6 Å². The van der Waals surface area contributed by atoms with Crippen LogP contribution < -0.4 is 5.32 Å². The van der Waals surface area contributed by atoms with Gasteiger partial charge in [0.25, 0.3) is 0 Å². The van der Waals surface area contributed by atoms with E-state index in [1.54, 1.807) is 41.9 Å². The lowest BCUT2D eigenvalue weighted by Gasteiger charge is -2.34. The minimum absolute atomic E-state index is 0.144. The molecule has 1 aromatic heterocycles. The molecule has 0 unspecified atom stereocenters. The molecule has 0 bridgehead atoms. The van der Waals surface area contributed by atoms with Crippen LogP contribution in [0.2, 0.25) is 0 Å². The van der Waals surface area contributed by atoms with Crippen LogP contribution in [0.15, 0.2) is 46.8 Å². The lowest BCUT2D eigenvalue weighted by atomic mass is 10.0. The maximum Gasteiger partial charge on any atom is 0.243 e. The third-order valence-corrected chi connectivity index (χ3v) is 6.68. The summed E-state index contributed by atoms with van der Waals surface area (Å²) in [4.78, 5) is 16.5. The molecule has 3 rings (SSSR count). The van der Waals surface area contributed by atoms with Crippen LogP contribution in [0, 0.1) is 0 Å². The van der Waals surface area contributed by atoms with Gasteiger partial charge in [0.1, 0.15) is 0 Å². The molecular weight excluding hydrogens is 346 g/mol. The number of sulfonamides is 1. The normalized spacial score (nSPS) is 19.1. The molecule has 6 nitrogen and oxygen atoms in total. The van der Waals surface area contributed by atoms with E-state index in [1.807, 2.05) is 0 Å². The number of thiazole rings is 1. The topological polar surface area (TPSA) is 79.4 Å². The average Bonchev–Trinajstić information content (AvgIpc) is 3.09. The van der Waals surface area contributed by atoms with Crippen molar-refractivity contribution in [1.29, 1.82) is 0 Å². The quantitative estimate of drug-likeness (QED) is 0.883. The molecule has 0 spiro atoms. The SMILES string of the molecule is O=C(C[C@@H]1CCCCN1S(=O)(=O)c1ccccc1)Nc1nccs1. The number of hydrogen-bond acceptors (Lipinski definition) is 5. The fraction of sp³-hybridized carbons (Fsp3) is 0.375. The van der Waals surface area contributed by atoms with Gasteiger partial charge in [-0.25, -0.2) is 13.4 Å². The molecular formula is C16H19N3O3S2. The number of carbonyl (C=O) groups excluding carboxylic acids is 1. The van der Waals surface area contributed by atoms with Gasteiger partial charge in [-0.1, -0.05) is 24.6 Å². The predicted molar refractivity (Wildman–Crippen MR) is 93.3 cm³/mol. The van der Waals surface area contributed by atoms with Crippen LogP contribution in [-0.2, 0) is 14.8 Å². The van der Waals surface area contributed by atoms with Crippen LogP contribution in [0.1, 0.15) is 25.7 Å². The number of benzene rings is 1. The highest BCUT2D eigenvalue weighted by Gasteiger charge is 2.34. The summed E-state index contributed by atoms with van der Waals surface area (Å²) in [6, 6.07) is 8.08. The van der Waals surface area contributed by atoms with Crippen molar-refractivity contribution in [3.63, 3.8) is 0 Å². The largest absolute Gasteiger partial charge is 0.302 e. The molecule has 1 aromatic carbocycles. The van der Waals surface area contributed by atoms with Crippen molar-refractivity contribution in [3.05, 3.63) is 41.9 Å². The number of nitrogens with zero attached hydrogens (tertiary/aromatic N) is 2. The van der Waals surface area contributed by atoms with E-state index in [4.69, 9.17) is 0 Å². The van der Waals surface area contributed by atoms with Crippen molar-refractivity contribution in [2.24, 2.45) is 0 Å². The first-order valence-electron chi connectivity index (χ1n) is 7.83. The summed E-state index contributed by atoms with van der Waals surface area (Å²) in [5.74, 6) is -0.204. The van der Waals surface area contributed by atoms with Crippen LogP contribution in [0.25, 0.3) is 0 Å². The lowest BCUT2D eigenvalue weighted by molar-refractivity contribution is -0.117. The summed E-state index contributed by atoms with van der Waals surface area (Å²) in [5, 5.41) is 5.04. The Bertz CT molecular complexity index is 776. The van der Waals surface area contributed by atoms with Gasteiger partial charge in [0.05, 0.1) is 4.90 Å². The van der Waals surface area contributed by atoms with Gasteiger partial charge < -0.3 is 5.32 Å². The van der Waals surface area contributed by atoms with E-state index in [-0.39, 0.29) is 23.3 Å². The molecule has 1 aliphatic rings. The van der Waals surface area contributed by atoms with E-state index in [2.05, 4.69) is 10.3 Å². The summed E-state index contributed by atoms with van der Waals surface area (Å²) in [5.41, 5.74) is 0. The first-order valence-corrected chi connectivity index (χ1v) is 10.2. The maximum atomic E-state index is 12.9. The highest BCUT2D eigenvalue weighted by Crippen LogP contribution is 2.27. The maximum absolute atomic E-state index is 12.9. The first kappa shape index (κ1) is 17.1. The predicted octanol–water partition coefficient (Wildman–Crippen LogP) is 2.72. The number of rotatable bonds is 5. The van der Waals surface area contributed by atoms with Crippen molar-refractivity contribution >= 4 is 32.4 Å². The fourth-order valence-electron chi connectivity index (χ4n) is 2.89. The standard InChI is InChI=1S/C16H19N3O3S2/c20-15(18-16-17-9-11-23-16)12-13-6-4-5-10-19(13)24(21,22)14-7-2-1-3-8-14/h1-3,7-9,11,13H,4-6,10,12H2,(H,17,18,20)/t13-/m0/s1. The summed E-state index contributed by atoms with van der Waals surface area (Å²) in [6.45, 7) is 0.451. The molecule has 1 amide bonds. The molecule has 2 heterocycles. The van der Waals surface area contributed by atoms with E-state index in [1.165, 1.54) is 15.6 Å². The van der Waals surface area contributed by atoms with Crippen LogP contribution in [-0.4, -0.2) is 36.2 Å². The lowest BCUT2D eigenvalue weighted by Crippen LogP contribution is -2.45. The molecule has 0 saturated carbocycles. The summed E-state index contributed by atoms with van der Waals surface area (Å²) in [6.07, 6.45) is 4.20. The van der Waals surface area contributed by atoms with E-state index >= 15 is 0 Å². The number of carbonyl (C=O) groups is 1. The van der Waals surface area contributed by atoms with E-state index in [9.17, 15) is 13.2 Å². The summed E-state index contributed by atoms with van der Waals surface area (Å²) < 4.78 is 27.2. The van der Waals surface area contributed by atoms with Gasteiger partial charge in [-0.05, 0) is 25.0 Å². The summed E-state index contributed by atoms with van der Waals surface area (Å²) in [7, 11) is -3.58.